The SMILES string of the molecule is C=C([O-])c1ccccc1OC([O-])=C(c1ccccc1)c1ccccc1. The number of hydrogen-bond donors (Lipinski definition) is 0. The van der Waals surface area contributed by atoms with Crippen LogP contribution >= 0.6 is 0 Å². The predicted molar refractivity (Wildman–Crippen MR) is 95.0 cm³/mol. The summed E-state index contributed by atoms with van der Waals surface area (Å²) in [4.78, 5) is 0. The highest BCUT2D eigenvalue weighted by Crippen LogP contribution is 2.29. The van der Waals surface area contributed by atoms with Crippen LogP contribution in [0.2, 0.25) is 0 Å². The van der Waals surface area contributed by atoms with E-state index in [-0.39, 0.29) is 11.3 Å². The van der Waals surface area contributed by atoms with Crippen LogP contribution in [0.15, 0.2) is 97.5 Å². The maximum Gasteiger partial charge on any atom is 0.0646 e. The van der Waals surface area contributed by atoms with Gasteiger partial charge in [0.25, 0.3) is 0 Å². The Labute approximate surface area is 146 Å². The first kappa shape index (κ1) is 16.4. The van der Waals surface area contributed by atoms with E-state index in [0.717, 1.165) is 11.1 Å². The fraction of sp³-hybridized carbons (Fsp3) is 0. The molecular formula is C22H16O3-2. The van der Waals surface area contributed by atoms with Crippen LogP contribution in [0.25, 0.3) is 11.3 Å². The second-order valence-electron chi connectivity index (χ2n) is 5.42. The van der Waals surface area contributed by atoms with E-state index in [2.05, 4.69) is 6.58 Å². The van der Waals surface area contributed by atoms with Gasteiger partial charge < -0.3 is 14.9 Å². The molecule has 0 heterocycles. The van der Waals surface area contributed by atoms with E-state index in [1.165, 1.54) is 0 Å². The Morgan fingerprint density at radius 3 is 1.68 bits per heavy atom. The normalized spacial score (nSPS) is 10.1. The molecule has 124 valence electrons. The van der Waals surface area contributed by atoms with E-state index in [0.29, 0.717) is 5.57 Å². The standard InChI is InChI=1S/C22H18O3/c1-16(23)19-14-8-9-15-20(19)25-22(24)21(17-10-4-2-5-11-17)18-12-6-3-7-13-18/h2-15,23-24H,1H2/p-2. The van der Waals surface area contributed by atoms with Gasteiger partial charge in [-0.15, -0.1) is 12.3 Å². The lowest BCUT2D eigenvalue weighted by molar-refractivity contribution is -0.340. The van der Waals surface area contributed by atoms with Crippen LogP contribution < -0.4 is 14.9 Å². The van der Waals surface area contributed by atoms with Gasteiger partial charge in [-0.25, -0.2) is 0 Å². The molecule has 0 unspecified atom stereocenters. The van der Waals surface area contributed by atoms with Gasteiger partial charge in [-0.2, -0.15) is 0 Å². The second kappa shape index (κ2) is 7.41. The molecule has 3 heteroatoms. The van der Waals surface area contributed by atoms with Crippen molar-refractivity contribution in [1.82, 2.24) is 0 Å². The molecule has 0 atom stereocenters. The number of rotatable bonds is 5. The minimum atomic E-state index is -0.522. The lowest BCUT2D eigenvalue weighted by Gasteiger charge is -2.25. The van der Waals surface area contributed by atoms with Crippen molar-refractivity contribution in [1.29, 1.82) is 0 Å². The van der Waals surface area contributed by atoms with Crippen molar-refractivity contribution in [3.05, 3.63) is 114 Å². The summed E-state index contributed by atoms with van der Waals surface area (Å²) in [6.07, 6.45) is 0. The van der Waals surface area contributed by atoms with Gasteiger partial charge in [0.2, 0.25) is 0 Å². The smallest absolute Gasteiger partial charge is 0.0646 e. The molecular weight excluding hydrogens is 312 g/mol. The van der Waals surface area contributed by atoms with Crippen LogP contribution in [0.3, 0.4) is 0 Å². The van der Waals surface area contributed by atoms with E-state index >= 15 is 0 Å². The van der Waals surface area contributed by atoms with Crippen molar-refractivity contribution in [2.45, 2.75) is 0 Å². The largest absolute Gasteiger partial charge is 0.872 e. The van der Waals surface area contributed by atoms with Crippen LogP contribution in [-0.2, 0) is 0 Å². The zero-order valence-electron chi connectivity index (χ0n) is 13.5. The third-order valence-corrected chi connectivity index (χ3v) is 3.72. The molecule has 0 N–H and O–H groups in total. The van der Waals surface area contributed by atoms with Crippen LogP contribution in [0.5, 0.6) is 5.75 Å². The molecule has 3 aromatic carbocycles. The van der Waals surface area contributed by atoms with Crippen LogP contribution in [0.1, 0.15) is 16.7 Å². The average Bonchev–Trinajstić information content (AvgIpc) is 2.64. The molecule has 0 saturated carbocycles. The van der Waals surface area contributed by atoms with Crippen molar-refractivity contribution in [2.75, 3.05) is 0 Å². The zero-order chi connectivity index (χ0) is 17.6. The Morgan fingerprint density at radius 1 is 0.680 bits per heavy atom. The Kier molecular flexibility index (Phi) is 4.86. The number of hydrogen-bond acceptors (Lipinski definition) is 3. The van der Waals surface area contributed by atoms with Gasteiger partial charge in [0.05, 0.1) is 5.95 Å². The van der Waals surface area contributed by atoms with Crippen molar-refractivity contribution >= 4 is 11.3 Å². The topological polar surface area (TPSA) is 55.3 Å². The van der Waals surface area contributed by atoms with Gasteiger partial charge in [-0.05, 0) is 22.8 Å². The number of ether oxygens (including phenoxy) is 1. The molecule has 3 aromatic rings. The van der Waals surface area contributed by atoms with E-state index < -0.39 is 11.7 Å². The minimum absolute atomic E-state index is 0.205. The first-order chi connectivity index (χ1) is 12.2. The van der Waals surface area contributed by atoms with Crippen molar-refractivity contribution in [3.63, 3.8) is 0 Å². The molecule has 0 aliphatic rings. The van der Waals surface area contributed by atoms with Gasteiger partial charge in [-0.3, -0.25) is 0 Å². The maximum absolute atomic E-state index is 12.9. The number of para-hydroxylation sites is 1. The summed E-state index contributed by atoms with van der Waals surface area (Å²) >= 11 is 0. The minimum Gasteiger partial charge on any atom is -0.872 e. The molecule has 3 nitrogen and oxygen atoms in total. The molecule has 0 aliphatic heterocycles. The third-order valence-electron chi connectivity index (χ3n) is 3.72. The molecule has 0 saturated heterocycles. The molecule has 0 radical (unpaired) electrons. The molecule has 0 aromatic heterocycles. The summed E-state index contributed by atoms with van der Waals surface area (Å²) in [5.41, 5.74) is 2.21. The Bertz CT molecular complexity index is 855. The molecule has 0 amide bonds. The highest BCUT2D eigenvalue weighted by molar-refractivity contribution is 5.80. The fourth-order valence-corrected chi connectivity index (χ4v) is 2.55. The lowest BCUT2D eigenvalue weighted by Crippen LogP contribution is -2.16. The van der Waals surface area contributed by atoms with Gasteiger partial charge >= 0.3 is 0 Å². The summed E-state index contributed by atoms with van der Waals surface area (Å²) in [5.74, 6) is -0.715. The third kappa shape index (κ3) is 3.72. The summed E-state index contributed by atoms with van der Waals surface area (Å²) < 4.78 is 5.54. The summed E-state index contributed by atoms with van der Waals surface area (Å²) in [5, 5.41) is 24.5. The molecule has 25 heavy (non-hydrogen) atoms. The quantitative estimate of drug-likeness (QED) is 0.676. The molecule has 3 rings (SSSR count). The highest BCUT2D eigenvalue weighted by atomic mass is 16.6. The predicted octanol–water partition coefficient (Wildman–Crippen LogP) is 3.17. The highest BCUT2D eigenvalue weighted by Gasteiger charge is 2.08. The van der Waals surface area contributed by atoms with Crippen LogP contribution in [0.4, 0.5) is 0 Å². The first-order valence-electron chi connectivity index (χ1n) is 7.82. The molecule has 0 bridgehead atoms. The van der Waals surface area contributed by atoms with E-state index in [1.54, 1.807) is 24.3 Å². The van der Waals surface area contributed by atoms with Gasteiger partial charge in [-0.1, -0.05) is 78.9 Å². The maximum atomic E-state index is 12.9. The van der Waals surface area contributed by atoms with Crippen molar-refractivity contribution in [3.8, 4) is 5.75 Å². The fourth-order valence-electron chi connectivity index (χ4n) is 2.55. The molecule has 0 spiro atoms. The molecule has 0 aliphatic carbocycles. The van der Waals surface area contributed by atoms with Crippen LogP contribution in [0, 0.1) is 0 Å². The van der Waals surface area contributed by atoms with Crippen molar-refractivity contribution < 1.29 is 14.9 Å². The van der Waals surface area contributed by atoms with Gasteiger partial charge in [0, 0.05) is 11.3 Å². The van der Waals surface area contributed by atoms with Crippen LogP contribution in [-0.4, -0.2) is 0 Å². The first-order valence-corrected chi connectivity index (χ1v) is 7.82. The average molecular weight is 328 g/mol. The summed E-state index contributed by atoms with van der Waals surface area (Å²) in [6.45, 7) is 3.40. The molecule has 0 fully saturated rings. The van der Waals surface area contributed by atoms with E-state index in [1.807, 2.05) is 60.7 Å². The second-order valence-corrected chi connectivity index (χ2v) is 5.42. The van der Waals surface area contributed by atoms with Crippen molar-refractivity contribution in [2.24, 2.45) is 0 Å². The monoisotopic (exact) mass is 328 g/mol. The lowest BCUT2D eigenvalue weighted by atomic mass is 9.99. The van der Waals surface area contributed by atoms with Gasteiger partial charge in [0.1, 0.15) is 0 Å². The Balaban J connectivity index is 2.10. The summed E-state index contributed by atoms with van der Waals surface area (Å²) in [7, 11) is 0. The van der Waals surface area contributed by atoms with E-state index in [4.69, 9.17) is 4.74 Å². The van der Waals surface area contributed by atoms with Gasteiger partial charge in [0.15, 0.2) is 0 Å². The zero-order valence-corrected chi connectivity index (χ0v) is 13.5. The number of benzene rings is 3. The Hall–Kier alpha value is -3.46. The summed E-state index contributed by atoms with van der Waals surface area (Å²) in [6, 6.07) is 25.2. The Morgan fingerprint density at radius 2 is 1.16 bits per heavy atom. The van der Waals surface area contributed by atoms with E-state index in [9.17, 15) is 10.2 Å².